The third kappa shape index (κ3) is 8.86. The molecule has 4 aromatic carbocycles. The van der Waals surface area contributed by atoms with Crippen LogP contribution >= 0.6 is 11.6 Å². The maximum atomic E-state index is 14.5. The van der Waals surface area contributed by atoms with Gasteiger partial charge in [0.05, 0.1) is 17.7 Å². The van der Waals surface area contributed by atoms with Crippen molar-refractivity contribution in [1.29, 1.82) is 0 Å². The predicted octanol–water partition coefficient (Wildman–Crippen LogP) is 6.10. The fourth-order valence-corrected chi connectivity index (χ4v) is 6.45. The first-order chi connectivity index (χ1) is 21.6. The van der Waals surface area contributed by atoms with Crippen LogP contribution in [0.5, 0.6) is 5.75 Å². The topological polar surface area (TPSA) is 96.0 Å². The van der Waals surface area contributed by atoms with Gasteiger partial charge in [-0.25, -0.2) is 8.42 Å². The number of amides is 2. The fourth-order valence-electron chi connectivity index (χ4n) is 4.82. The van der Waals surface area contributed by atoms with Crippen LogP contribution < -0.4 is 14.4 Å². The highest BCUT2D eigenvalue weighted by atomic mass is 35.5. The summed E-state index contributed by atoms with van der Waals surface area (Å²) in [4.78, 5) is 29.8. The Balaban J connectivity index is 1.79. The van der Waals surface area contributed by atoms with Gasteiger partial charge in [-0.1, -0.05) is 79.2 Å². The van der Waals surface area contributed by atoms with Gasteiger partial charge in [0, 0.05) is 24.0 Å². The van der Waals surface area contributed by atoms with Crippen LogP contribution in [0.4, 0.5) is 5.69 Å². The molecule has 0 spiro atoms. The zero-order valence-corrected chi connectivity index (χ0v) is 27.2. The molecule has 0 aliphatic carbocycles. The van der Waals surface area contributed by atoms with Crippen molar-refractivity contribution in [3.05, 3.63) is 125 Å². The molecule has 2 atom stereocenters. The van der Waals surface area contributed by atoms with Crippen molar-refractivity contribution in [3.63, 3.8) is 0 Å². The first-order valence-electron chi connectivity index (χ1n) is 14.7. The number of nitrogens with one attached hydrogen (secondary N) is 1. The Morgan fingerprint density at radius 3 is 2.09 bits per heavy atom. The van der Waals surface area contributed by atoms with E-state index in [2.05, 4.69) is 5.32 Å². The quantitative estimate of drug-likeness (QED) is 0.179. The highest BCUT2D eigenvalue weighted by Crippen LogP contribution is 2.26. The summed E-state index contributed by atoms with van der Waals surface area (Å²) in [5.41, 5.74) is 1.87. The molecule has 0 radical (unpaired) electrons. The molecule has 1 N–H and O–H groups in total. The van der Waals surface area contributed by atoms with Crippen molar-refractivity contribution in [2.45, 2.75) is 50.2 Å². The largest absolute Gasteiger partial charge is 0.497 e. The molecular weight excluding hydrogens is 610 g/mol. The van der Waals surface area contributed by atoms with Crippen LogP contribution in [-0.4, -0.2) is 50.9 Å². The Kier molecular flexibility index (Phi) is 11.6. The lowest BCUT2D eigenvalue weighted by molar-refractivity contribution is -0.140. The Morgan fingerprint density at radius 2 is 1.49 bits per heavy atom. The molecule has 0 saturated carbocycles. The average molecular weight is 648 g/mol. The van der Waals surface area contributed by atoms with Crippen molar-refractivity contribution in [2.75, 3.05) is 18.0 Å². The Bertz CT molecular complexity index is 1670. The zero-order chi connectivity index (χ0) is 32.4. The molecular formula is C35H38ClN3O5S. The van der Waals surface area contributed by atoms with E-state index in [1.54, 1.807) is 60.7 Å². The Hall–Kier alpha value is -4.34. The molecule has 0 bridgehead atoms. The minimum absolute atomic E-state index is 0.00306. The lowest BCUT2D eigenvalue weighted by atomic mass is 10.0. The second-order valence-electron chi connectivity index (χ2n) is 10.7. The number of rotatable bonds is 14. The van der Waals surface area contributed by atoms with Crippen LogP contribution in [0.25, 0.3) is 0 Å². The minimum Gasteiger partial charge on any atom is -0.497 e. The average Bonchev–Trinajstić information content (AvgIpc) is 3.05. The number of benzene rings is 4. The van der Waals surface area contributed by atoms with Gasteiger partial charge in [0.2, 0.25) is 11.8 Å². The molecule has 0 aliphatic rings. The van der Waals surface area contributed by atoms with Crippen molar-refractivity contribution in [1.82, 2.24) is 10.2 Å². The van der Waals surface area contributed by atoms with Crippen LogP contribution in [0.15, 0.2) is 114 Å². The summed E-state index contributed by atoms with van der Waals surface area (Å²) in [5.74, 6) is -0.371. The van der Waals surface area contributed by atoms with E-state index >= 15 is 0 Å². The van der Waals surface area contributed by atoms with Gasteiger partial charge in [0.1, 0.15) is 18.3 Å². The third-order valence-electron chi connectivity index (χ3n) is 7.48. The van der Waals surface area contributed by atoms with Gasteiger partial charge in [-0.3, -0.25) is 13.9 Å². The molecule has 2 amide bonds. The van der Waals surface area contributed by atoms with E-state index in [1.807, 2.05) is 50.2 Å². The summed E-state index contributed by atoms with van der Waals surface area (Å²) in [6.45, 7) is 3.36. The number of halogens is 1. The first kappa shape index (κ1) is 33.6. The lowest BCUT2D eigenvalue weighted by Crippen LogP contribution is -2.54. The predicted molar refractivity (Wildman–Crippen MR) is 178 cm³/mol. The monoisotopic (exact) mass is 647 g/mol. The van der Waals surface area contributed by atoms with Crippen molar-refractivity contribution >= 4 is 39.1 Å². The van der Waals surface area contributed by atoms with E-state index in [0.717, 1.165) is 9.87 Å². The van der Waals surface area contributed by atoms with E-state index in [0.29, 0.717) is 28.4 Å². The highest BCUT2D eigenvalue weighted by Gasteiger charge is 2.35. The number of para-hydroxylation sites is 1. The summed E-state index contributed by atoms with van der Waals surface area (Å²) < 4.78 is 34.5. The number of carbonyl (C=O) groups is 2. The third-order valence-corrected chi connectivity index (χ3v) is 9.51. The van der Waals surface area contributed by atoms with Gasteiger partial charge in [-0.05, 0) is 73.0 Å². The molecule has 0 aromatic heterocycles. The second kappa shape index (κ2) is 15.6. The van der Waals surface area contributed by atoms with E-state index in [1.165, 1.54) is 24.1 Å². The minimum atomic E-state index is -4.21. The number of hydrogen-bond acceptors (Lipinski definition) is 5. The van der Waals surface area contributed by atoms with Crippen LogP contribution in [-0.2, 0) is 32.6 Å². The van der Waals surface area contributed by atoms with Gasteiger partial charge in [-0.15, -0.1) is 0 Å². The molecule has 10 heteroatoms. The summed E-state index contributed by atoms with van der Waals surface area (Å²) in [7, 11) is -2.71. The Morgan fingerprint density at radius 1 is 0.867 bits per heavy atom. The molecule has 0 unspecified atom stereocenters. The van der Waals surface area contributed by atoms with Crippen LogP contribution in [0, 0.1) is 0 Å². The van der Waals surface area contributed by atoms with E-state index < -0.39 is 28.5 Å². The van der Waals surface area contributed by atoms with Crippen LogP contribution in [0.3, 0.4) is 0 Å². The number of anilines is 1. The SMILES string of the molecule is CC[C@H](C)NC(=O)[C@H](Cc1ccccc1)N(Cc1cccc(Cl)c1)C(=O)CN(c1ccccc1)S(=O)(=O)c1ccc(OC)cc1. The van der Waals surface area contributed by atoms with Gasteiger partial charge < -0.3 is 15.0 Å². The molecule has 0 fully saturated rings. The van der Waals surface area contributed by atoms with Crippen LogP contribution in [0.2, 0.25) is 5.02 Å². The summed E-state index contributed by atoms with van der Waals surface area (Å²) in [5, 5.41) is 3.51. The number of sulfonamides is 1. The normalized spacial score (nSPS) is 12.5. The van der Waals surface area contributed by atoms with E-state index in [-0.39, 0.29) is 29.8 Å². The summed E-state index contributed by atoms with van der Waals surface area (Å²) in [6, 6.07) is 29.9. The number of hydrogen-bond donors (Lipinski definition) is 1. The molecule has 0 heterocycles. The second-order valence-corrected chi connectivity index (χ2v) is 13.0. The van der Waals surface area contributed by atoms with Gasteiger partial charge in [0.25, 0.3) is 10.0 Å². The molecule has 4 aromatic rings. The standard InChI is InChI=1S/C35H38ClN3O5S/c1-4-26(2)37-35(41)33(23-27-12-7-5-8-13-27)38(24-28-14-11-15-29(36)22-28)34(40)25-39(30-16-9-6-10-17-30)45(42,43)32-20-18-31(44-3)19-21-32/h5-22,26,33H,4,23-25H2,1-3H3,(H,37,41)/t26-,33-/m0/s1. The van der Waals surface area contributed by atoms with Gasteiger partial charge in [-0.2, -0.15) is 0 Å². The van der Waals surface area contributed by atoms with Gasteiger partial charge >= 0.3 is 0 Å². The summed E-state index contributed by atoms with van der Waals surface area (Å²) in [6.07, 6.45) is 0.930. The highest BCUT2D eigenvalue weighted by molar-refractivity contribution is 7.92. The number of nitrogens with zero attached hydrogens (tertiary/aromatic N) is 2. The van der Waals surface area contributed by atoms with Gasteiger partial charge in [0.15, 0.2) is 0 Å². The lowest BCUT2D eigenvalue weighted by Gasteiger charge is -2.34. The van der Waals surface area contributed by atoms with Crippen molar-refractivity contribution < 1.29 is 22.7 Å². The zero-order valence-electron chi connectivity index (χ0n) is 25.6. The number of methoxy groups -OCH3 is 1. The molecule has 236 valence electrons. The first-order valence-corrected chi connectivity index (χ1v) is 16.5. The Labute approximate surface area is 270 Å². The van der Waals surface area contributed by atoms with E-state index in [4.69, 9.17) is 16.3 Å². The molecule has 0 saturated heterocycles. The molecule has 0 aliphatic heterocycles. The van der Waals surface area contributed by atoms with Crippen molar-refractivity contribution in [3.8, 4) is 5.75 Å². The van der Waals surface area contributed by atoms with Crippen molar-refractivity contribution in [2.24, 2.45) is 0 Å². The molecule has 4 rings (SSSR count). The van der Waals surface area contributed by atoms with E-state index in [9.17, 15) is 18.0 Å². The van der Waals surface area contributed by atoms with Crippen LogP contribution in [0.1, 0.15) is 31.4 Å². The number of carbonyl (C=O) groups excluding carboxylic acids is 2. The summed E-state index contributed by atoms with van der Waals surface area (Å²) >= 11 is 6.30. The fraction of sp³-hybridized carbons (Fsp3) is 0.257. The maximum Gasteiger partial charge on any atom is 0.264 e. The molecule has 8 nitrogen and oxygen atoms in total. The number of ether oxygens (including phenoxy) is 1. The maximum absolute atomic E-state index is 14.5. The smallest absolute Gasteiger partial charge is 0.264 e. The molecule has 45 heavy (non-hydrogen) atoms.